The molecule has 1 aliphatic heterocycles. The van der Waals surface area contributed by atoms with Crippen LogP contribution in [-0.2, 0) is 16.1 Å². The molecule has 0 unspecified atom stereocenters. The molecule has 0 radical (unpaired) electrons. The minimum Gasteiger partial charge on any atom is -0.497 e. The number of furan rings is 1. The fraction of sp³-hybridized carbons (Fsp3) is 0.0968. The van der Waals surface area contributed by atoms with Crippen molar-refractivity contribution in [3.05, 3.63) is 119 Å². The number of benzene rings is 3. The molecule has 5 rings (SSSR count). The van der Waals surface area contributed by atoms with Crippen LogP contribution in [0.1, 0.15) is 16.9 Å². The minimum atomic E-state index is -0.413. The van der Waals surface area contributed by atoms with Crippen molar-refractivity contribution in [2.24, 2.45) is 10.2 Å². The van der Waals surface area contributed by atoms with Gasteiger partial charge in [-0.2, -0.15) is 5.10 Å². The van der Waals surface area contributed by atoms with Crippen molar-refractivity contribution in [2.45, 2.75) is 6.54 Å². The molecule has 9 nitrogen and oxygen atoms in total. The standard InChI is InChI=1S/C31H25FN4O5S/c1-39-25-14-8-21(9-15-25)18-33-35-31-36(19-26-6-4-16-40-26)30(38)28(42-31)17-22-5-2-3-7-27(22)41-20-29(37)34-24-12-10-23(32)11-13-24/h2-18H,19-20H2,1H3,(H,34,37)/b28-17-,33-18-,35-31+. The molecule has 1 N–H and O–H groups in total. The van der Waals surface area contributed by atoms with Gasteiger partial charge in [0.25, 0.3) is 11.8 Å². The summed E-state index contributed by atoms with van der Waals surface area (Å²) in [6.45, 7) is -0.106. The van der Waals surface area contributed by atoms with Gasteiger partial charge < -0.3 is 19.2 Å². The number of para-hydroxylation sites is 1. The number of rotatable bonds is 10. The molecule has 2 amide bonds. The maximum atomic E-state index is 13.5. The van der Waals surface area contributed by atoms with Crippen molar-refractivity contribution in [3.8, 4) is 11.5 Å². The topological polar surface area (TPSA) is 106 Å². The summed E-state index contributed by atoms with van der Waals surface area (Å²) >= 11 is 1.17. The van der Waals surface area contributed by atoms with E-state index < -0.39 is 11.7 Å². The van der Waals surface area contributed by atoms with E-state index in [-0.39, 0.29) is 19.1 Å². The summed E-state index contributed by atoms with van der Waals surface area (Å²) in [5.74, 6) is 0.641. The van der Waals surface area contributed by atoms with Gasteiger partial charge in [-0.15, -0.1) is 5.10 Å². The maximum absolute atomic E-state index is 13.5. The molecule has 0 bridgehead atoms. The van der Waals surface area contributed by atoms with Gasteiger partial charge in [-0.25, -0.2) is 4.39 Å². The number of amides is 2. The number of carbonyl (C=O) groups excluding carboxylic acids is 2. The average molecular weight is 585 g/mol. The zero-order valence-electron chi connectivity index (χ0n) is 22.4. The first-order valence-electron chi connectivity index (χ1n) is 12.7. The molecule has 0 spiro atoms. The lowest BCUT2D eigenvalue weighted by Gasteiger charge is -2.12. The van der Waals surface area contributed by atoms with Crippen molar-refractivity contribution in [1.29, 1.82) is 0 Å². The van der Waals surface area contributed by atoms with E-state index in [9.17, 15) is 14.0 Å². The first kappa shape index (κ1) is 28.4. The van der Waals surface area contributed by atoms with Gasteiger partial charge in [-0.1, -0.05) is 18.2 Å². The van der Waals surface area contributed by atoms with Crippen molar-refractivity contribution < 1.29 is 27.9 Å². The van der Waals surface area contributed by atoms with Gasteiger partial charge >= 0.3 is 0 Å². The van der Waals surface area contributed by atoms with E-state index in [4.69, 9.17) is 13.9 Å². The number of anilines is 1. The van der Waals surface area contributed by atoms with E-state index in [2.05, 4.69) is 15.5 Å². The number of ether oxygens (including phenoxy) is 2. The number of nitrogens with one attached hydrogen (secondary N) is 1. The van der Waals surface area contributed by atoms with Gasteiger partial charge in [0.2, 0.25) is 0 Å². The van der Waals surface area contributed by atoms with Gasteiger partial charge in [-0.05, 0) is 90.1 Å². The number of carbonyl (C=O) groups is 2. The van der Waals surface area contributed by atoms with Crippen LogP contribution in [0.25, 0.3) is 6.08 Å². The van der Waals surface area contributed by atoms with Crippen LogP contribution in [0.15, 0.2) is 111 Å². The van der Waals surface area contributed by atoms with Crippen LogP contribution < -0.4 is 14.8 Å². The Morgan fingerprint density at radius 2 is 1.83 bits per heavy atom. The van der Waals surface area contributed by atoms with Crippen LogP contribution in [0.2, 0.25) is 0 Å². The zero-order valence-corrected chi connectivity index (χ0v) is 23.2. The summed E-state index contributed by atoms with van der Waals surface area (Å²) < 4.78 is 29.5. The Bertz CT molecular complexity index is 1630. The number of hydrogen-bond acceptors (Lipinski definition) is 8. The van der Waals surface area contributed by atoms with Crippen molar-refractivity contribution in [2.75, 3.05) is 19.0 Å². The zero-order chi connectivity index (χ0) is 29.3. The van der Waals surface area contributed by atoms with Gasteiger partial charge in [-0.3, -0.25) is 14.5 Å². The van der Waals surface area contributed by atoms with E-state index >= 15 is 0 Å². The lowest BCUT2D eigenvalue weighted by Crippen LogP contribution is -2.28. The number of halogens is 1. The summed E-state index contributed by atoms with van der Waals surface area (Å²) in [4.78, 5) is 27.7. The highest BCUT2D eigenvalue weighted by molar-refractivity contribution is 8.18. The molecule has 0 aliphatic carbocycles. The Morgan fingerprint density at radius 3 is 2.57 bits per heavy atom. The van der Waals surface area contributed by atoms with E-state index in [1.165, 1.54) is 47.2 Å². The molecule has 1 saturated heterocycles. The molecule has 1 fully saturated rings. The largest absolute Gasteiger partial charge is 0.497 e. The molecular weight excluding hydrogens is 559 g/mol. The lowest BCUT2D eigenvalue weighted by atomic mass is 10.2. The highest BCUT2D eigenvalue weighted by atomic mass is 32.2. The van der Waals surface area contributed by atoms with Gasteiger partial charge in [0, 0.05) is 11.3 Å². The SMILES string of the molecule is COc1ccc(/C=N\N=C2\S/C(=C\c3ccccc3OCC(=O)Nc3ccc(F)cc3)C(=O)N2Cc2ccco2)cc1. The second-order valence-corrected chi connectivity index (χ2v) is 9.87. The Balaban J connectivity index is 1.33. The van der Waals surface area contributed by atoms with Crippen molar-refractivity contribution >= 4 is 46.7 Å². The smallest absolute Gasteiger partial charge is 0.267 e. The van der Waals surface area contributed by atoms with E-state index in [1.807, 2.05) is 24.3 Å². The van der Waals surface area contributed by atoms with Gasteiger partial charge in [0.05, 0.1) is 31.0 Å². The highest BCUT2D eigenvalue weighted by Crippen LogP contribution is 2.35. The summed E-state index contributed by atoms with van der Waals surface area (Å²) in [5, 5.41) is 11.6. The minimum absolute atomic E-state index is 0.175. The lowest BCUT2D eigenvalue weighted by molar-refractivity contribution is -0.122. The summed E-state index contributed by atoms with van der Waals surface area (Å²) in [6.07, 6.45) is 4.81. The first-order valence-corrected chi connectivity index (χ1v) is 13.6. The number of methoxy groups -OCH3 is 1. The van der Waals surface area contributed by atoms with Gasteiger partial charge in [0.1, 0.15) is 23.1 Å². The van der Waals surface area contributed by atoms with Crippen molar-refractivity contribution in [1.82, 2.24) is 4.90 Å². The predicted molar refractivity (Wildman–Crippen MR) is 160 cm³/mol. The highest BCUT2D eigenvalue weighted by Gasteiger charge is 2.34. The second-order valence-electron chi connectivity index (χ2n) is 8.86. The normalized spacial score (nSPS) is 15.1. The number of nitrogens with zero attached hydrogens (tertiary/aromatic N) is 3. The quantitative estimate of drug-likeness (QED) is 0.140. The third-order valence-corrected chi connectivity index (χ3v) is 6.94. The molecule has 11 heteroatoms. The maximum Gasteiger partial charge on any atom is 0.267 e. The van der Waals surface area contributed by atoms with E-state index in [0.29, 0.717) is 32.8 Å². The fourth-order valence-electron chi connectivity index (χ4n) is 3.86. The van der Waals surface area contributed by atoms with Crippen LogP contribution in [-0.4, -0.2) is 41.8 Å². The molecule has 0 saturated carbocycles. The van der Waals surface area contributed by atoms with Crippen LogP contribution >= 0.6 is 11.8 Å². The Morgan fingerprint density at radius 1 is 1.05 bits per heavy atom. The summed E-state index contributed by atoms with van der Waals surface area (Å²) in [5.41, 5.74) is 1.87. The number of amidine groups is 1. The molecule has 212 valence electrons. The van der Waals surface area contributed by atoms with Crippen LogP contribution in [0, 0.1) is 5.82 Å². The molecule has 2 heterocycles. The van der Waals surface area contributed by atoms with Crippen LogP contribution in [0.4, 0.5) is 10.1 Å². The van der Waals surface area contributed by atoms with Crippen LogP contribution in [0.3, 0.4) is 0 Å². The van der Waals surface area contributed by atoms with E-state index in [0.717, 1.165) is 11.3 Å². The molecule has 1 aliphatic rings. The Hall–Kier alpha value is -5.16. The number of thioether (sulfide) groups is 1. The fourth-order valence-corrected chi connectivity index (χ4v) is 4.79. The van der Waals surface area contributed by atoms with Crippen molar-refractivity contribution in [3.63, 3.8) is 0 Å². The molecule has 0 atom stereocenters. The Kier molecular flexibility index (Phi) is 9.10. The average Bonchev–Trinajstić information content (AvgIpc) is 3.62. The van der Waals surface area contributed by atoms with Gasteiger partial charge in [0.15, 0.2) is 11.8 Å². The third kappa shape index (κ3) is 7.32. The summed E-state index contributed by atoms with van der Waals surface area (Å²) in [7, 11) is 1.60. The molecule has 3 aromatic carbocycles. The van der Waals surface area contributed by atoms with E-state index in [1.54, 1.807) is 55.8 Å². The molecular formula is C31H25FN4O5S. The Labute approximate surface area is 245 Å². The molecule has 42 heavy (non-hydrogen) atoms. The summed E-state index contributed by atoms with van der Waals surface area (Å²) in [6, 6.07) is 23.3. The predicted octanol–water partition coefficient (Wildman–Crippen LogP) is 5.95. The monoisotopic (exact) mass is 584 g/mol. The van der Waals surface area contributed by atoms with Crippen LogP contribution in [0.5, 0.6) is 11.5 Å². The molecule has 4 aromatic rings. The molecule has 1 aromatic heterocycles. The second kappa shape index (κ2) is 13.5. The first-order chi connectivity index (χ1) is 20.5. The number of hydrogen-bond donors (Lipinski definition) is 1. The third-order valence-electron chi connectivity index (χ3n) is 5.94.